The van der Waals surface area contributed by atoms with E-state index in [1.807, 2.05) is 30.3 Å². The predicted octanol–water partition coefficient (Wildman–Crippen LogP) is 3.47. The van der Waals surface area contributed by atoms with Crippen LogP contribution in [0.1, 0.15) is 71.0 Å². The normalized spacial score (nSPS) is 45.8. The molecule has 4 aliphatic rings. The Morgan fingerprint density at radius 3 is 2.37 bits per heavy atom. The second-order valence-electron chi connectivity index (χ2n) is 12.6. The van der Waals surface area contributed by atoms with Gasteiger partial charge in [0.25, 0.3) is 0 Å². The molecule has 4 fully saturated rings. The summed E-state index contributed by atoms with van der Waals surface area (Å²) in [6.07, 6.45) is 1.21. The number of rotatable bonds is 4. The van der Waals surface area contributed by atoms with Crippen LogP contribution in [0.2, 0.25) is 0 Å². The number of cyclic esters (lactones) is 1. The lowest BCUT2D eigenvalue weighted by molar-refractivity contribution is -0.162. The highest BCUT2D eigenvalue weighted by Crippen LogP contribution is 2.66. The first kappa shape index (κ1) is 25.2. The van der Waals surface area contributed by atoms with Crippen LogP contribution < -0.4 is 0 Å². The second-order valence-corrected chi connectivity index (χ2v) is 12.6. The maximum absolute atomic E-state index is 13.0. The van der Waals surface area contributed by atoms with E-state index in [0.717, 1.165) is 31.2 Å². The number of hydrogen-bond donors (Lipinski definition) is 4. The van der Waals surface area contributed by atoms with Crippen LogP contribution in [0.4, 0.5) is 0 Å². The molecule has 1 saturated heterocycles. The van der Waals surface area contributed by atoms with Crippen molar-refractivity contribution >= 4 is 5.97 Å². The van der Waals surface area contributed by atoms with Crippen LogP contribution in [0.25, 0.3) is 0 Å². The maximum Gasteiger partial charge on any atom is 0.309 e. The Morgan fingerprint density at radius 1 is 0.971 bits per heavy atom. The van der Waals surface area contributed by atoms with Crippen LogP contribution in [0.3, 0.4) is 0 Å². The lowest BCUT2D eigenvalue weighted by Crippen LogP contribution is -2.54. The van der Waals surface area contributed by atoms with Crippen LogP contribution in [0, 0.1) is 46.3 Å². The van der Waals surface area contributed by atoms with Crippen molar-refractivity contribution in [2.45, 2.75) is 83.7 Å². The highest BCUT2D eigenvalue weighted by molar-refractivity contribution is 5.74. The summed E-state index contributed by atoms with van der Waals surface area (Å²) in [5, 5.41) is 43.0. The van der Waals surface area contributed by atoms with Gasteiger partial charge in [-0.1, -0.05) is 51.1 Å². The minimum atomic E-state index is -0.918. The van der Waals surface area contributed by atoms with E-state index in [9.17, 15) is 25.2 Å². The fraction of sp³-hybridized carbons (Fsp3) is 0.759. The first-order valence-corrected chi connectivity index (χ1v) is 13.5. The van der Waals surface area contributed by atoms with Gasteiger partial charge in [-0.2, -0.15) is 0 Å². The summed E-state index contributed by atoms with van der Waals surface area (Å²) in [4.78, 5) is 13.0. The molecule has 0 radical (unpaired) electrons. The van der Waals surface area contributed by atoms with Crippen molar-refractivity contribution in [3.05, 3.63) is 35.9 Å². The third-order valence-electron chi connectivity index (χ3n) is 11.1. The van der Waals surface area contributed by atoms with Crippen LogP contribution in [0.15, 0.2) is 30.3 Å². The third kappa shape index (κ3) is 3.96. The average molecular weight is 487 g/mol. The molecular weight excluding hydrogens is 444 g/mol. The zero-order valence-corrected chi connectivity index (χ0v) is 21.2. The third-order valence-corrected chi connectivity index (χ3v) is 11.1. The van der Waals surface area contributed by atoms with E-state index in [2.05, 4.69) is 20.8 Å². The molecular formula is C29H42O6. The molecule has 1 unspecified atom stereocenters. The van der Waals surface area contributed by atoms with E-state index in [1.54, 1.807) is 0 Å². The van der Waals surface area contributed by atoms with Gasteiger partial charge in [-0.3, -0.25) is 4.79 Å². The minimum Gasteiger partial charge on any atom is -0.465 e. The summed E-state index contributed by atoms with van der Waals surface area (Å²) < 4.78 is 5.86. The number of fused-ring (bicyclic) bond motifs is 5. The summed E-state index contributed by atoms with van der Waals surface area (Å²) in [7, 11) is 0. The summed E-state index contributed by atoms with van der Waals surface area (Å²) >= 11 is 0. The molecule has 0 aromatic heterocycles. The molecule has 1 aromatic carbocycles. The standard InChI is InChI=1S/C29H42O6/c1-16(25(32)26(33)17-7-5-4-6-8-17)19-9-10-20-18-15-35-27(34)22-13-23(30)24(31)14-29(22,3)21(18)11-12-28(19,20)2/h4-8,16,18-26,30-33H,9-15H2,1-3H3/t16-,18-,19+,20-,21-,22?,23-,24+,25+,26+,28+,29+/m0/s1. The van der Waals surface area contributed by atoms with E-state index in [-0.39, 0.29) is 52.8 Å². The molecule has 194 valence electrons. The topological polar surface area (TPSA) is 107 Å². The molecule has 5 rings (SSSR count). The average Bonchev–Trinajstić information content (AvgIpc) is 3.16. The summed E-state index contributed by atoms with van der Waals surface area (Å²) in [5.41, 5.74) is 0.348. The monoisotopic (exact) mass is 486 g/mol. The van der Waals surface area contributed by atoms with Crippen LogP contribution >= 0.6 is 0 Å². The summed E-state index contributed by atoms with van der Waals surface area (Å²) in [6.45, 7) is 6.95. The number of hydrogen-bond acceptors (Lipinski definition) is 6. The molecule has 4 N–H and O–H groups in total. The Balaban J connectivity index is 1.39. The van der Waals surface area contributed by atoms with Crippen molar-refractivity contribution in [1.82, 2.24) is 0 Å². The maximum atomic E-state index is 13.0. The predicted molar refractivity (Wildman–Crippen MR) is 131 cm³/mol. The van der Waals surface area contributed by atoms with Crippen molar-refractivity contribution in [2.24, 2.45) is 46.3 Å². The van der Waals surface area contributed by atoms with E-state index >= 15 is 0 Å². The van der Waals surface area contributed by atoms with Crippen LogP contribution in [0.5, 0.6) is 0 Å². The van der Waals surface area contributed by atoms with Gasteiger partial charge in [-0.15, -0.1) is 0 Å². The molecule has 1 aliphatic heterocycles. The van der Waals surface area contributed by atoms with E-state index < -0.39 is 24.4 Å². The fourth-order valence-corrected chi connectivity index (χ4v) is 9.07. The summed E-state index contributed by atoms with van der Waals surface area (Å²) in [6, 6.07) is 9.39. The summed E-state index contributed by atoms with van der Waals surface area (Å²) in [5.74, 6) is 0.431. The zero-order chi connectivity index (χ0) is 25.1. The molecule has 0 amide bonds. The van der Waals surface area contributed by atoms with Gasteiger partial charge in [0.2, 0.25) is 0 Å². The molecule has 12 atom stereocenters. The van der Waals surface area contributed by atoms with E-state index in [1.165, 1.54) is 0 Å². The fourth-order valence-electron chi connectivity index (χ4n) is 9.07. The Labute approximate surface area is 208 Å². The Kier molecular flexibility index (Phi) is 6.57. The van der Waals surface area contributed by atoms with Crippen LogP contribution in [-0.4, -0.2) is 51.3 Å². The van der Waals surface area contributed by atoms with Gasteiger partial charge in [-0.05, 0) is 84.5 Å². The van der Waals surface area contributed by atoms with Crippen molar-refractivity contribution in [1.29, 1.82) is 0 Å². The first-order chi connectivity index (χ1) is 16.6. The Bertz CT molecular complexity index is 921. The molecule has 35 heavy (non-hydrogen) atoms. The van der Waals surface area contributed by atoms with Crippen molar-refractivity contribution in [3.8, 4) is 0 Å². The van der Waals surface area contributed by atoms with E-state index in [4.69, 9.17) is 4.74 Å². The number of ether oxygens (including phenoxy) is 1. The highest BCUT2D eigenvalue weighted by atomic mass is 16.5. The lowest BCUT2D eigenvalue weighted by atomic mass is 9.48. The van der Waals surface area contributed by atoms with Gasteiger partial charge < -0.3 is 25.2 Å². The van der Waals surface area contributed by atoms with Gasteiger partial charge in [0.05, 0.1) is 30.8 Å². The molecule has 1 aromatic rings. The quantitative estimate of drug-likeness (QED) is 0.486. The number of benzene rings is 1. The van der Waals surface area contributed by atoms with Crippen molar-refractivity contribution in [3.63, 3.8) is 0 Å². The zero-order valence-electron chi connectivity index (χ0n) is 21.2. The molecule has 3 saturated carbocycles. The van der Waals surface area contributed by atoms with Crippen molar-refractivity contribution < 1.29 is 30.0 Å². The van der Waals surface area contributed by atoms with Gasteiger partial charge in [-0.25, -0.2) is 0 Å². The second kappa shape index (κ2) is 9.13. The number of esters is 1. The molecule has 1 heterocycles. The smallest absolute Gasteiger partial charge is 0.309 e. The Morgan fingerprint density at radius 2 is 1.66 bits per heavy atom. The molecule has 6 nitrogen and oxygen atoms in total. The van der Waals surface area contributed by atoms with Gasteiger partial charge >= 0.3 is 5.97 Å². The van der Waals surface area contributed by atoms with Gasteiger partial charge in [0, 0.05) is 0 Å². The number of aliphatic hydroxyl groups excluding tert-OH is 4. The van der Waals surface area contributed by atoms with E-state index in [0.29, 0.717) is 18.9 Å². The number of aliphatic hydroxyl groups is 4. The Hall–Kier alpha value is -1.47. The van der Waals surface area contributed by atoms with Crippen molar-refractivity contribution in [2.75, 3.05) is 6.61 Å². The minimum absolute atomic E-state index is 0.00658. The first-order valence-electron chi connectivity index (χ1n) is 13.5. The van der Waals surface area contributed by atoms with Crippen LogP contribution in [-0.2, 0) is 9.53 Å². The molecule has 3 aliphatic carbocycles. The SMILES string of the molecule is C[C@H]([C@@H](O)[C@H](O)c1ccccc1)[C@H]1CC[C@H]2[C@@H]3COC(=O)C4C[C@H](O)[C@H](O)C[C@]4(C)[C@H]3CC[C@]12C. The number of carbonyl (C=O) groups is 1. The largest absolute Gasteiger partial charge is 0.465 e. The van der Waals surface area contributed by atoms with Gasteiger partial charge in [0.1, 0.15) is 6.10 Å². The lowest BCUT2D eigenvalue weighted by Gasteiger charge is -2.56. The molecule has 0 bridgehead atoms. The molecule has 0 spiro atoms. The highest BCUT2D eigenvalue weighted by Gasteiger charge is 2.63. The number of carbonyl (C=O) groups excluding carboxylic acids is 1. The molecule has 6 heteroatoms. The van der Waals surface area contributed by atoms with Gasteiger partial charge in [0.15, 0.2) is 0 Å².